The van der Waals surface area contributed by atoms with Crippen LogP contribution in [0.2, 0.25) is 0 Å². The van der Waals surface area contributed by atoms with Crippen molar-refractivity contribution in [1.82, 2.24) is 9.78 Å². The summed E-state index contributed by atoms with van der Waals surface area (Å²) >= 11 is 0. The van der Waals surface area contributed by atoms with Crippen LogP contribution < -0.4 is 4.84 Å². The molecule has 3 aromatic rings. The van der Waals surface area contributed by atoms with Crippen LogP contribution in [0, 0.1) is 13.8 Å². The zero-order chi connectivity index (χ0) is 21.3. The van der Waals surface area contributed by atoms with Crippen molar-refractivity contribution in [3.63, 3.8) is 0 Å². The van der Waals surface area contributed by atoms with Gasteiger partial charge in [0.2, 0.25) is 0 Å². The van der Waals surface area contributed by atoms with Crippen LogP contribution in [-0.2, 0) is 9.53 Å². The maximum absolute atomic E-state index is 12.7. The Hall–Kier alpha value is -4.23. The van der Waals surface area contributed by atoms with E-state index < -0.39 is 12.1 Å². The normalized spacial score (nSPS) is 15.7. The molecule has 0 saturated heterocycles. The number of carbonyl (C=O) groups excluding carboxylic acids is 1. The van der Waals surface area contributed by atoms with Crippen LogP contribution in [0.1, 0.15) is 28.4 Å². The van der Waals surface area contributed by atoms with Crippen LogP contribution in [0.25, 0.3) is 21.7 Å². The molecule has 1 aliphatic rings. The number of ether oxygens (including phenoxy) is 1. The van der Waals surface area contributed by atoms with Gasteiger partial charge in [0.25, 0.3) is 0 Å². The lowest BCUT2D eigenvalue weighted by Crippen LogP contribution is -2.05. The molecule has 2 aromatic carbocycles. The van der Waals surface area contributed by atoms with Gasteiger partial charge in [0.05, 0.1) is 11.9 Å². The number of carbonyl (C=O) groups is 1. The number of hydrogen-bond acceptors (Lipinski definition) is 6. The highest BCUT2D eigenvalue weighted by molar-refractivity contribution is 6.20. The molecule has 0 saturated carbocycles. The van der Waals surface area contributed by atoms with Crippen LogP contribution in [0.15, 0.2) is 65.9 Å². The van der Waals surface area contributed by atoms with Gasteiger partial charge in [-0.2, -0.15) is 5.10 Å². The van der Waals surface area contributed by atoms with E-state index in [1.165, 1.54) is 0 Å². The topological polar surface area (TPSA) is 122 Å². The Morgan fingerprint density at radius 3 is 2.70 bits per heavy atom. The summed E-state index contributed by atoms with van der Waals surface area (Å²) in [5.41, 5.74) is 11.8. The van der Waals surface area contributed by atoms with E-state index in [0.29, 0.717) is 16.8 Å². The van der Waals surface area contributed by atoms with Crippen molar-refractivity contribution in [2.75, 3.05) is 0 Å². The van der Waals surface area contributed by atoms with Gasteiger partial charge < -0.3 is 14.7 Å². The first-order valence-corrected chi connectivity index (χ1v) is 9.06. The lowest BCUT2D eigenvalue weighted by molar-refractivity contribution is -0.138. The Balaban J connectivity index is 1.87. The van der Waals surface area contributed by atoms with Crippen molar-refractivity contribution >= 4 is 11.5 Å². The van der Waals surface area contributed by atoms with Crippen molar-refractivity contribution in [3.05, 3.63) is 93.3 Å². The highest BCUT2D eigenvalue weighted by atomic mass is 16.6. The van der Waals surface area contributed by atoms with E-state index in [4.69, 9.17) is 15.1 Å². The maximum Gasteiger partial charge on any atom is 0.343 e. The minimum absolute atomic E-state index is 0.0345. The quantitative estimate of drug-likeness (QED) is 0.218. The third-order valence-electron chi connectivity index (χ3n) is 4.72. The molecular formula is C21H17N5O4. The largest absolute Gasteiger partial charge is 0.507 e. The smallest absolute Gasteiger partial charge is 0.343 e. The molecule has 0 aliphatic carbocycles. The first-order chi connectivity index (χ1) is 14.5. The first-order valence-electron chi connectivity index (χ1n) is 9.06. The van der Waals surface area contributed by atoms with Crippen LogP contribution in [-0.4, -0.2) is 20.9 Å². The number of esters is 1. The van der Waals surface area contributed by atoms with Crippen molar-refractivity contribution in [1.29, 1.82) is 0 Å². The molecule has 0 bridgehead atoms. The third kappa shape index (κ3) is 3.34. The minimum atomic E-state index is -0.922. The molecule has 0 amide bonds. The standard InChI is InChI=1S/C21H17N5O4/c1-12-10-23-26(11-12)15-8-13(2)17(16(9-15)30-25-24-22)18-19(27)20(29-21(18)28)14-6-4-3-5-7-14/h3-11,20,27H,1-2H3. The number of aryl methyl sites for hydroxylation is 2. The van der Waals surface area contributed by atoms with Crippen molar-refractivity contribution < 1.29 is 19.5 Å². The summed E-state index contributed by atoms with van der Waals surface area (Å²) in [6, 6.07) is 12.3. The predicted octanol–water partition coefficient (Wildman–Crippen LogP) is 4.66. The number of benzene rings is 2. The summed E-state index contributed by atoms with van der Waals surface area (Å²) in [7, 11) is 0. The second-order valence-corrected chi connectivity index (χ2v) is 6.82. The SMILES string of the molecule is Cc1cnn(-c2cc(C)c(C3=C(O)C(c4ccccc4)OC3=O)c(ON=[N+]=[N-])c2)c1. The molecule has 0 radical (unpaired) electrons. The number of aliphatic hydroxyl groups excluding tert-OH is 1. The van der Waals surface area contributed by atoms with Gasteiger partial charge in [0.15, 0.2) is 11.9 Å². The van der Waals surface area contributed by atoms with Crippen LogP contribution in [0.5, 0.6) is 5.75 Å². The number of azide groups is 1. The van der Waals surface area contributed by atoms with Gasteiger partial charge >= 0.3 is 5.97 Å². The summed E-state index contributed by atoms with van der Waals surface area (Å²) < 4.78 is 7.05. The van der Waals surface area contributed by atoms with Crippen molar-refractivity contribution in [2.45, 2.75) is 20.0 Å². The molecule has 1 N–H and O–H groups in total. The van der Waals surface area contributed by atoms with Crippen LogP contribution >= 0.6 is 0 Å². The molecule has 1 unspecified atom stereocenters. The predicted molar refractivity (Wildman–Crippen MR) is 108 cm³/mol. The van der Waals surface area contributed by atoms with Crippen LogP contribution in [0.3, 0.4) is 0 Å². The van der Waals surface area contributed by atoms with E-state index in [-0.39, 0.29) is 22.6 Å². The molecule has 0 fully saturated rings. The first kappa shape index (κ1) is 19.1. The van der Waals surface area contributed by atoms with E-state index in [1.54, 1.807) is 54.2 Å². The number of cyclic esters (lactones) is 1. The van der Waals surface area contributed by atoms with Gasteiger partial charge in [-0.25, -0.2) is 9.48 Å². The molecule has 2 heterocycles. The Morgan fingerprint density at radius 2 is 2.03 bits per heavy atom. The number of hydrogen-bond donors (Lipinski definition) is 1. The highest BCUT2D eigenvalue weighted by Crippen LogP contribution is 2.43. The zero-order valence-corrected chi connectivity index (χ0v) is 16.2. The molecule has 0 spiro atoms. The lowest BCUT2D eigenvalue weighted by Gasteiger charge is -2.13. The molecule has 1 aliphatic heterocycles. The van der Waals surface area contributed by atoms with Crippen molar-refractivity contribution in [3.8, 4) is 11.4 Å². The molecule has 1 aromatic heterocycles. The van der Waals surface area contributed by atoms with Gasteiger partial charge in [0.1, 0.15) is 16.6 Å². The van der Waals surface area contributed by atoms with E-state index in [1.807, 2.05) is 19.2 Å². The summed E-state index contributed by atoms with van der Waals surface area (Å²) in [5, 5.41) is 18.3. The Morgan fingerprint density at radius 1 is 1.27 bits per heavy atom. The van der Waals surface area contributed by atoms with E-state index in [9.17, 15) is 9.90 Å². The Labute approximate surface area is 171 Å². The monoisotopic (exact) mass is 403 g/mol. The van der Waals surface area contributed by atoms with E-state index in [0.717, 1.165) is 5.56 Å². The second-order valence-electron chi connectivity index (χ2n) is 6.82. The fraction of sp³-hybridized carbons (Fsp3) is 0.143. The summed E-state index contributed by atoms with van der Waals surface area (Å²) in [6.45, 7) is 3.66. The third-order valence-corrected chi connectivity index (χ3v) is 4.72. The van der Waals surface area contributed by atoms with Crippen LogP contribution in [0.4, 0.5) is 0 Å². The van der Waals surface area contributed by atoms with Gasteiger partial charge in [-0.05, 0) is 36.6 Å². The van der Waals surface area contributed by atoms with E-state index in [2.05, 4.69) is 15.3 Å². The summed E-state index contributed by atoms with van der Waals surface area (Å²) in [4.78, 5) is 20.5. The molecule has 9 nitrogen and oxygen atoms in total. The zero-order valence-electron chi connectivity index (χ0n) is 16.2. The number of nitrogens with zero attached hydrogens (tertiary/aromatic N) is 5. The summed E-state index contributed by atoms with van der Waals surface area (Å²) in [5.74, 6) is -0.830. The van der Waals surface area contributed by atoms with Gasteiger partial charge in [-0.3, -0.25) is 0 Å². The molecular weight excluding hydrogens is 386 g/mol. The van der Waals surface area contributed by atoms with E-state index >= 15 is 0 Å². The van der Waals surface area contributed by atoms with Gasteiger partial charge in [0, 0.05) is 28.3 Å². The number of aromatic nitrogens is 2. The lowest BCUT2D eigenvalue weighted by atomic mass is 9.96. The molecule has 4 rings (SSSR count). The molecule has 150 valence electrons. The average Bonchev–Trinajstić information content (AvgIpc) is 3.30. The number of rotatable bonds is 5. The van der Waals surface area contributed by atoms with Crippen molar-refractivity contribution in [2.24, 2.45) is 5.28 Å². The fourth-order valence-corrected chi connectivity index (χ4v) is 3.42. The molecule has 30 heavy (non-hydrogen) atoms. The Kier molecular flexibility index (Phi) is 4.87. The molecule has 9 heteroatoms. The van der Waals surface area contributed by atoms with Gasteiger partial charge in [-0.15, -0.1) is 0 Å². The summed E-state index contributed by atoms with van der Waals surface area (Å²) in [6.07, 6.45) is 2.59. The second kappa shape index (κ2) is 7.65. The number of aliphatic hydroxyl groups is 1. The maximum atomic E-state index is 12.7. The fourth-order valence-electron chi connectivity index (χ4n) is 3.42. The Bertz CT molecular complexity index is 1210. The van der Waals surface area contributed by atoms with Gasteiger partial charge in [-0.1, -0.05) is 30.3 Å². The average molecular weight is 403 g/mol. The molecule has 1 atom stereocenters. The minimum Gasteiger partial charge on any atom is -0.507 e. The highest BCUT2D eigenvalue weighted by Gasteiger charge is 2.38.